The molecule has 0 unspecified atom stereocenters. The molecule has 0 saturated heterocycles. The van der Waals surface area contributed by atoms with E-state index in [2.05, 4.69) is 16.7 Å². The molecule has 0 aromatic heterocycles. The van der Waals surface area contributed by atoms with Crippen LogP contribution in [0.1, 0.15) is 35.7 Å². The van der Waals surface area contributed by atoms with Crippen LogP contribution in [0.15, 0.2) is 48.5 Å². The number of carbonyl (C=O) groups is 2. The first-order valence-corrected chi connectivity index (χ1v) is 9.19. The van der Waals surface area contributed by atoms with Crippen LogP contribution in [0.25, 0.3) is 0 Å². The maximum Gasteiger partial charge on any atom is 0.251 e. The first kappa shape index (κ1) is 18.0. The number of carbonyl (C=O) groups excluding carboxylic acids is 2. The van der Waals surface area contributed by atoms with Gasteiger partial charge in [0.2, 0.25) is 5.91 Å². The molecule has 2 aromatic carbocycles. The van der Waals surface area contributed by atoms with Gasteiger partial charge < -0.3 is 15.5 Å². The van der Waals surface area contributed by atoms with Crippen molar-refractivity contribution in [1.82, 2.24) is 5.32 Å². The molecule has 1 aliphatic rings. The number of benzene rings is 2. The number of para-hydroxylation sites is 1. The van der Waals surface area contributed by atoms with Gasteiger partial charge in [-0.3, -0.25) is 9.59 Å². The topological polar surface area (TPSA) is 61.4 Å². The van der Waals surface area contributed by atoms with E-state index in [0.717, 1.165) is 37.2 Å². The molecule has 0 aliphatic carbocycles. The predicted molar refractivity (Wildman–Crippen MR) is 105 cm³/mol. The maximum atomic E-state index is 12.7. The summed E-state index contributed by atoms with van der Waals surface area (Å²) in [6.07, 6.45) is 2.90. The summed E-state index contributed by atoms with van der Waals surface area (Å²) in [4.78, 5) is 26.6. The van der Waals surface area contributed by atoms with Crippen LogP contribution in [0.3, 0.4) is 0 Å². The first-order valence-electron chi connectivity index (χ1n) is 9.19. The molecular weight excluding hydrogens is 326 g/mol. The van der Waals surface area contributed by atoms with Crippen LogP contribution in [-0.2, 0) is 11.2 Å². The average molecular weight is 351 g/mol. The van der Waals surface area contributed by atoms with Gasteiger partial charge in [0, 0.05) is 30.0 Å². The average Bonchev–Trinajstić information content (AvgIpc) is 2.70. The van der Waals surface area contributed by atoms with Crippen LogP contribution in [-0.4, -0.2) is 31.4 Å². The van der Waals surface area contributed by atoms with Crippen molar-refractivity contribution in [3.8, 4) is 0 Å². The zero-order valence-electron chi connectivity index (χ0n) is 15.1. The number of rotatable bonds is 6. The van der Waals surface area contributed by atoms with E-state index in [4.69, 9.17) is 0 Å². The Morgan fingerprint density at radius 1 is 1.12 bits per heavy atom. The number of aryl methyl sites for hydroxylation is 1. The summed E-state index contributed by atoms with van der Waals surface area (Å²) in [5.41, 5.74) is 3.60. The van der Waals surface area contributed by atoms with Gasteiger partial charge in [0.25, 0.3) is 5.91 Å². The number of fused-ring (bicyclic) bond motifs is 1. The number of nitrogens with zero attached hydrogens (tertiary/aromatic N) is 1. The lowest BCUT2D eigenvalue weighted by molar-refractivity contribution is -0.117. The van der Waals surface area contributed by atoms with E-state index in [1.165, 1.54) is 5.56 Å². The Bertz CT molecular complexity index is 788. The smallest absolute Gasteiger partial charge is 0.251 e. The van der Waals surface area contributed by atoms with Crippen molar-refractivity contribution in [2.75, 3.05) is 29.9 Å². The fourth-order valence-electron chi connectivity index (χ4n) is 3.18. The molecule has 1 heterocycles. The highest BCUT2D eigenvalue weighted by Gasteiger charge is 2.21. The molecule has 0 fully saturated rings. The van der Waals surface area contributed by atoms with Crippen LogP contribution in [0.2, 0.25) is 0 Å². The summed E-state index contributed by atoms with van der Waals surface area (Å²) in [5.74, 6) is -0.0511. The predicted octanol–water partition coefficient (Wildman–Crippen LogP) is 3.22. The maximum absolute atomic E-state index is 12.7. The van der Waals surface area contributed by atoms with Gasteiger partial charge in [-0.2, -0.15) is 0 Å². The molecule has 2 N–H and O–H groups in total. The monoisotopic (exact) mass is 351 g/mol. The minimum Gasteiger partial charge on any atom is -0.376 e. The van der Waals surface area contributed by atoms with E-state index in [0.29, 0.717) is 12.1 Å². The molecule has 5 heteroatoms. The van der Waals surface area contributed by atoms with E-state index >= 15 is 0 Å². The molecule has 5 nitrogen and oxygen atoms in total. The summed E-state index contributed by atoms with van der Waals surface area (Å²) >= 11 is 0. The van der Waals surface area contributed by atoms with Crippen molar-refractivity contribution in [3.05, 3.63) is 59.7 Å². The van der Waals surface area contributed by atoms with Crippen molar-refractivity contribution in [1.29, 1.82) is 0 Å². The van der Waals surface area contributed by atoms with E-state index in [-0.39, 0.29) is 18.4 Å². The third-order valence-electron chi connectivity index (χ3n) is 4.52. The Morgan fingerprint density at radius 2 is 1.96 bits per heavy atom. The van der Waals surface area contributed by atoms with Gasteiger partial charge >= 0.3 is 0 Å². The molecular formula is C21H25N3O2. The van der Waals surface area contributed by atoms with E-state index in [1.807, 2.05) is 42.2 Å². The van der Waals surface area contributed by atoms with Gasteiger partial charge in [-0.05, 0) is 49.1 Å². The van der Waals surface area contributed by atoms with Gasteiger partial charge in [-0.25, -0.2) is 0 Å². The molecule has 2 aromatic rings. The van der Waals surface area contributed by atoms with Crippen molar-refractivity contribution < 1.29 is 9.59 Å². The van der Waals surface area contributed by atoms with Crippen molar-refractivity contribution in [3.63, 3.8) is 0 Å². The van der Waals surface area contributed by atoms with Crippen molar-refractivity contribution in [2.24, 2.45) is 0 Å². The van der Waals surface area contributed by atoms with Crippen LogP contribution < -0.4 is 15.5 Å². The highest BCUT2D eigenvalue weighted by atomic mass is 16.2. The Kier molecular flexibility index (Phi) is 5.89. The Hall–Kier alpha value is -2.82. The molecule has 136 valence electrons. The summed E-state index contributed by atoms with van der Waals surface area (Å²) < 4.78 is 0. The molecule has 0 spiro atoms. The number of nitrogens with one attached hydrogen (secondary N) is 2. The zero-order chi connectivity index (χ0) is 18.4. The Morgan fingerprint density at radius 3 is 2.81 bits per heavy atom. The standard InChI is InChI=1S/C21H25N3O2/c1-2-12-22-21(26)17-8-5-10-18(14-17)23-15-20(25)24-13-6-9-16-7-3-4-11-19(16)24/h3-5,7-8,10-11,14,23H,2,6,9,12-13,15H2,1H3,(H,22,26). The number of anilines is 2. The lowest BCUT2D eigenvalue weighted by Crippen LogP contribution is -2.39. The minimum absolute atomic E-state index is 0.0398. The van der Waals surface area contributed by atoms with E-state index < -0.39 is 0 Å². The molecule has 0 atom stereocenters. The Balaban J connectivity index is 1.63. The van der Waals surface area contributed by atoms with Crippen LogP contribution in [0, 0.1) is 0 Å². The molecule has 3 rings (SSSR count). The second-order valence-corrected chi connectivity index (χ2v) is 6.47. The van der Waals surface area contributed by atoms with Gasteiger partial charge in [-0.1, -0.05) is 31.2 Å². The third kappa shape index (κ3) is 4.23. The molecule has 1 aliphatic heterocycles. The van der Waals surface area contributed by atoms with Gasteiger partial charge in [-0.15, -0.1) is 0 Å². The summed E-state index contributed by atoms with van der Waals surface area (Å²) in [6, 6.07) is 15.3. The van der Waals surface area contributed by atoms with Crippen LogP contribution in [0.5, 0.6) is 0 Å². The highest BCUT2D eigenvalue weighted by molar-refractivity contribution is 5.98. The first-order chi connectivity index (χ1) is 12.7. The minimum atomic E-state index is -0.0909. The second kappa shape index (κ2) is 8.52. The molecule has 0 radical (unpaired) electrons. The summed E-state index contributed by atoms with van der Waals surface area (Å²) in [5, 5.41) is 6.01. The van der Waals surface area contributed by atoms with Crippen LogP contribution in [0.4, 0.5) is 11.4 Å². The summed E-state index contributed by atoms with van der Waals surface area (Å²) in [7, 11) is 0. The Labute approximate surface area is 154 Å². The quantitative estimate of drug-likeness (QED) is 0.840. The lowest BCUT2D eigenvalue weighted by Gasteiger charge is -2.29. The van der Waals surface area contributed by atoms with E-state index in [1.54, 1.807) is 12.1 Å². The SMILES string of the molecule is CCCNC(=O)c1cccc(NCC(=O)N2CCCc3ccccc32)c1. The normalized spacial score (nSPS) is 13.0. The van der Waals surface area contributed by atoms with Crippen LogP contribution >= 0.6 is 0 Å². The van der Waals surface area contributed by atoms with Crippen molar-refractivity contribution in [2.45, 2.75) is 26.2 Å². The largest absolute Gasteiger partial charge is 0.376 e. The lowest BCUT2D eigenvalue weighted by atomic mass is 10.0. The fraction of sp³-hybridized carbons (Fsp3) is 0.333. The number of hydrogen-bond donors (Lipinski definition) is 2. The third-order valence-corrected chi connectivity index (χ3v) is 4.52. The fourth-order valence-corrected chi connectivity index (χ4v) is 3.18. The number of hydrogen-bond acceptors (Lipinski definition) is 3. The van der Waals surface area contributed by atoms with Gasteiger partial charge in [0.05, 0.1) is 6.54 Å². The number of amides is 2. The molecule has 0 bridgehead atoms. The molecule has 26 heavy (non-hydrogen) atoms. The molecule has 2 amide bonds. The van der Waals surface area contributed by atoms with Gasteiger partial charge in [0.15, 0.2) is 0 Å². The van der Waals surface area contributed by atoms with E-state index in [9.17, 15) is 9.59 Å². The highest BCUT2D eigenvalue weighted by Crippen LogP contribution is 2.26. The van der Waals surface area contributed by atoms with Crippen molar-refractivity contribution >= 4 is 23.2 Å². The second-order valence-electron chi connectivity index (χ2n) is 6.47. The van der Waals surface area contributed by atoms with Gasteiger partial charge in [0.1, 0.15) is 0 Å². The zero-order valence-corrected chi connectivity index (χ0v) is 15.1. The molecule has 0 saturated carbocycles. The summed E-state index contributed by atoms with van der Waals surface area (Å²) in [6.45, 7) is 3.62.